The van der Waals surface area contributed by atoms with Crippen LogP contribution >= 0.6 is 0 Å². The van der Waals surface area contributed by atoms with Crippen molar-refractivity contribution in [1.82, 2.24) is 0 Å². The zero-order chi connectivity index (χ0) is 4.12. The van der Waals surface area contributed by atoms with Gasteiger partial charge in [0.05, 0.1) is 0 Å². The predicted molar refractivity (Wildman–Crippen MR) is 19.2 cm³/mol. The van der Waals surface area contributed by atoms with Gasteiger partial charge >= 0.3 is 0 Å². The summed E-state index contributed by atoms with van der Waals surface area (Å²) < 4.78 is 0. The van der Waals surface area contributed by atoms with Crippen LogP contribution in [0.2, 0.25) is 0 Å². The highest BCUT2D eigenvalue weighted by molar-refractivity contribution is 5.64. The van der Waals surface area contributed by atoms with E-state index in [1.54, 1.807) is 6.92 Å². The van der Waals surface area contributed by atoms with Crippen molar-refractivity contribution in [2.45, 2.75) is 6.92 Å². The molecule has 0 saturated carbocycles. The molecule has 0 aromatic heterocycles. The van der Waals surface area contributed by atoms with E-state index in [1.807, 2.05) is 0 Å². The van der Waals surface area contributed by atoms with E-state index in [0.29, 0.717) is 0 Å². The van der Waals surface area contributed by atoms with E-state index >= 15 is 0 Å². The van der Waals surface area contributed by atoms with Gasteiger partial charge in [0.1, 0.15) is 0 Å². The number of hydrogen-bond acceptors (Lipinski definition) is 1. The first kappa shape index (κ1) is 4.41. The van der Waals surface area contributed by atoms with E-state index in [1.165, 1.54) is 12.4 Å². The van der Waals surface area contributed by atoms with Gasteiger partial charge in [-0.05, 0) is 19.1 Å². The molecule has 0 aliphatic rings. The topological polar surface area (TPSA) is 17.1 Å². The molecule has 0 N–H and O–H groups in total. The van der Waals surface area contributed by atoms with Crippen LogP contribution in [-0.4, -0.2) is 6.29 Å². The summed E-state index contributed by atoms with van der Waals surface area (Å²) in [6, 6.07) is 0. The first-order valence-electron chi connectivity index (χ1n) is 1.28. The monoisotopic (exact) mass is 68.0 g/mol. The van der Waals surface area contributed by atoms with E-state index in [2.05, 4.69) is 6.08 Å². The molecule has 0 bridgehead atoms. The number of allylic oxidation sites excluding steroid dienone is 2. The highest BCUT2D eigenvalue weighted by Crippen LogP contribution is 1.52. The van der Waals surface area contributed by atoms with Crippen LogP contribution in [0.3, 0.4) is 0 Å². The van der Waals surface area contributed by atoms with Crippen LogP contribution in [0.15, 0.2) is 6.08 Å². The minimum absolute atomic E-state index is 1.19. The first-order valence-corrected chi connectivity index (χ1v) is 1.28. The molecule has 1 nitrogen and oxygen atoms in total. The van der Waals surface area contributed by atoms with Crippen LogP contribution in [0.4, 0.5) is 0 Å². The number of hydrogen-bond donors (Lipinski definition) is 0. The van der Waals surface area contributed by atoms with Gasteiger partial charge in [0.25, 0.3) is 0 Å². The van der Waals surface area contributed by atoms with Crippen molar-refractivity contribution in [3.05, 3.63) is 12.2 Å². The van der Waals surface area contributed by atoms with Crippen molar-refractivity contribution in [1.29, 1.82) is 0 Å². The van der Waals surface area contributed by atoms with Gasteiger partial charge in [0.2, 0.25) is 6.29 Å². The van der Waals surface area contributed by atoms with E-state index in [4.69, 9.17) is 4.79 Å². The van der Waals surface area contributed by atoms with Gasteiger partial charge in [-0.3, -0.25) is 4.79 Å². The molecule has 0 spiro atoms. The van der Waals surface area contributed by atoms with Gasteiger partial charge in [0, 0.05) is 0 Å². The van der Waals surface area contributed by atoms with Crippen LogP contribution in [0.25, 0.3) is 0 Å². The Hall–Kier alpha value is -0.590. The lowest BCUT2D eigenvalue weighted by Gasteiger charge is -1.47. The highest BCUT2D eigenvalue weighted by Gasteiger charge is 1.52. The summed E-state index contributed by atoms with van der Waals surface area (Å²) in [5, 5.41) is 0. The average molecular weight is 68.1 g/mol. The minimum Gasteiger partial charge on any atom is -0.286 e. The van der Waals surface area contributed by atoms with Crippen LogP contribution in [0, 0.1) is 6.08 Å². The van der Waals surface area contributed by atoms with E-state index < -0.39 is 0 Å². The van der Waals surface area contributed by atoms with Crippen molar-refractivity contribution < 1.29 is 4.79 Å². The van der Waals surface area contributed by atoms with Crippen molar-refractivity contribution >= 4 is 6.29 Å². The predicted octanol–water partition coefficient (Wildman–Crippen LogP) is 0.475. The third kappa shape index (κ3) is 3.41. The summed E-state index contributed by atoms with van der Waals surface area (Å²) in [7, 11) is 0. The molecule has 0 saturated heterocycles. The van der Waals surface area contributed by atoms with Gasteiger partial charge < -0.3 is 0 Å². The molecule has 0 rings (SSSR count). The van der Waals surface area contributed by atoms with E-state index in [9.17, 15) is 0 Å². The van der Waals surface area contributed by atoms with Gasteiger partial charge in [-0.25, -0.2) is 0 Å². The molecule has 1 heteroatoms. The third-order valence-corrected chi connectivity index (χ3v) is 0.203. The Kier molecular flexibility index (Phi) is 3.01. The zero-order valence-electron chi connectivity index (χ0n) is 2.99. The normalized spacial score (nSPS) is 9.00. The summed E-state index contributed by atoms with van der Waals surface area (Å²) in [5.74, 6) is 0. The molecule has 26 valence electrons. The Morgan fingerprint density at radius 2 is 2.40 bits per heavy atom. The van der Waals surface area contributed by atoms with Crippen LogP contribution in [-0.2, 0) is 4.79 Å². The van der Waals surface area contributed by atoms with Crippen molar-refractivity contribution in [2.75, 3.05) is 0 Å². The molecule has 0 aliphatic heterocycles. The SMILES string of the molecule is C/[C]=C/[C]=O. The number of rotatable bonds is 1. The average Bonchev–Trinajstić information content (AvgIpc) is 1.41. The maximum Gasteiger partial charge on any atom is 0.225 e. The van der Waals surface area contributed by atoms with Crippen LogP contribution in [0.1, 0.15) is 6.92 Å². The molecule has 2 radical (unpaired) electrons. The summed E-state index contributed by atoms with van der Waals surface area (Å²) in [6.45, 7) is 1.64. The second kappa shape index (κ2) is 3.41. The zero-order valence-corrected chi connectivity index (χ0v) is 2.99. The van der Waals surface area contributed by atoms with Crippen molar-refractivity contribution in [2.24, 2.45) is 0 Å². The van der Waals surface area contributed by atoms with Crippen molar-refractivity contribution in [3.8, 4) is 0 Å². The van der Waals surface area contributed by atoms with Crippen LogP contribution in [0.5, 0.6) is 0 Å². The van der Waals surface area contributed by atoms with Gasteiger partial charge in [0.15, 0.2) is 0 Å². The molecular formula is C4H4O. The smallest absolute Gasteiger partial charge is 0.225 e. The lowest BCUT2D eigenvalue weighted by atomic mass is 10.6. The van der Waals surface area contributed by atoms with Crippen LogP contribution < -0.4 is 0 Å². The van der Waals surface area contributed by atoms with Gasteiger partial charge in [-0.2, -0.15) is 0 Å². The van der Waals surface area contributed by atoms with Gasteiger partial charge in [-0.15, -0.1) is 0 Å². The highest BCUT2D eigenvalue weighted by atomic mass is 16.1. The Labute approximate surface area is 31.3 Å². The molecule has 0 amide bonds. The maximum atomic E-state index is 9.16. The lowest BCUT2D eigenvalue weighted by Crippen LogP contribution is -1.51. The maximum absolute atomic E-state index is 9.16. The molecule has 0 aromatic carbocycles. The quantitative estimate of drug-likeness (QED) is 0.408. The molecule has 0 aliphatic carbocycles. The van der Waals surface area contributed by atoms with Gasteiger partial charge in [-0.1, -0.05) is 0 Å². The molecule has 0 atom stereocenters. The standard InChI is InChI=1S/C4H4O/c1-2-3-4-5/h3H,1H3. The molecular weight excluding hydrogens is 64.0 g/mol. The molecule has 0 unspecified atom stereocenters. The summed E-state index contributed by atoms with van der Waals surface area (Å²) >= 11 is 0. The summed E-state index contributed by atoms with van der Waals surface area (Å²) in [5.41, 5.74) is 0. The largest absolute Gasteiger partial charge is 0.286 e. The second-order valence-corrected chi connectivity index (χ2v) is 0.551. The Morgan fingerprint density at radius 3 is 2.40 bits per heavy atom. The molecule has 5 heavy (non-hydrogen) atoms. The van der Waals surface area contributed by atoms with E-state index in [0.717, 1.165) is 0 Å². The fourth-order valence-electron chi connectivity index (χ4n) is 0.0589. The third-order valence-electron chi connectivity index (χ3n) is 0.203. The molecule has 0 heterocycles. The fourth-order valence-corrected chi connectivity index (χ4v) is 0.0589. The minimum atomic E-state index is 1.19. The lowest BCUT2D eigenvalue weighted by molar-refractivity contribution is 0.564. The summed E-state index contributed by atoms with van der Waals surface area (Å²) in [6.07, 6.45) is 5.19. The van der Waals surface area contributed by atoms with E-state index in [-0.39, 0.29) is 0 Å². The Morgan fingerprint density at radius 1 is 1.80 bits per heavy atom. The Bertz CT molecular complexity index is 45.6. The van der Waals surface area contributed by atoms with Crippen molar-refractivity contribution in [3.63, 3.8) is 0 Å². The second-order valence-electron chi connectivity index (χ2n) is 0.551. The molecule has 0 aromatic rings. The Balaban J connectivity index is 2.92. The fraction of sp³-hybridized carbons (Fsp3) is 0.250. The number of carbonyl (C=O) groups excluding carboxylic acids is 1. The molecule has 0 fully saturated rings. The summed E-state index contributed by atoms with van der Waals surface area (Å²) in [4.78, 5) is 9.16. The first-order chi connectivity index (χ1) is 2.41.